The Bertz CT molecular complexity index is 3940. The Morgan fingerprint density at radius 3 is 1.29 bits per heavy atom. The molecule has 13 rings (SSSR count). The number of anilines is 3. The fourth-order valence-corrected chi connectivity index (χ4v) is 10.2. The highest BCUT2D eigenvalue weighted by Gasteiger charge is 2.17. The molecule has 0 unspecified atom stereocenters. The normalized spacial score (nSPS) is 11.5. The zero-order valence-corrected chi connectivity index (χ0v) is 37.7. The molecule has 0 bridgehead atoms. The molecule has 3 nitrogen and oxygen atoms in total. The average molecular weight is 881 g/mol. The molecule has 13 aromatic rings. The van der Waals surface area contributed by atoms with Gasteiger partial charge >= 0.3 is 0 Å². The van der Waals surface area contributed by atoms with Crippen LogP contribution in [0.3, 0.4) is 0 Å². The number of furan rings is 1. The Morgan fingerprint density at radius 1 is 0.275 bits per heavy atom. The fourth-order valence-electron chi connectivity index (χ4n) is 10.2. The molecule has 0 saturated heterocycles. The van der Waals surface area contributed by atoms with Gasteiger partial charge in [-0.2, -0.15) is 0 Å². The molecule has 2 heterocycles. The van der Waals surface area contributed by atoms with Crippen molar-refractivity contribution in [1.82, 2.24) is 4.57 Å². The minimum Gasteiger partial charge on any atom is -0.455 e. The van der Waals surface area contributed by atoms with Crippen molar-refractivity contribution in [1.29, 1.82) is 0 Å². The van der Waals surface area contributed by atoms with Gasteiger partial charge in [-0.1, -0.05) is 194 Å². The quantitative estimate of drug-likeness (QED) is 0.144. The summed E-state index contributed by atoms with van der Waals surface area (Å²) in [5, 5.41) is 4.77. The summed E-state index contributed by atoms with van der Waals surface area (Å²) in [7, 11) is 0. The van der Waals surface area contributed by atoms with E-state index in [9.17, 15) is 0 Å². The average Bonchev–Trinajstić information content (AvgIpc) is 3.98. The van der Waals surface area contributed by atoms with E-state index in [1.807, 2.05) is 12.1 Å². The second kappa shape index (κ2) is 16.9. The Morgan fingerprint density at radius 2 is 0.696 bits per heavy atom. The molecule has 69 heavy (non-hydrogen) atoms. The van der Waals surface area contributed by atoms with E-state index in [0.717, 1.165) is 55.7 Å². The lowest BCUT2D eigenvalue weighted by molar-refractivity contribution is 0.670. The molecule has 0 radical (unpaired) electrons. The zero-order chi connectivity index (χ0) is 45.7. The van der Waals surface area contributed by atoms with Crippen molar-refractivity contribution in [2.45, 2.75) is 0 Å². The van der Waals surface area contributed by atoms with E-state index in [1.165, 1.54) is 66.4 Å². The highest BCUT2D eigenvalue weighted by Crippen LogP contribution is 2.41. The largest absolute Gasteiger partial charge is 0.455 e. The van der Waals surface area contributed by atoms with Gasteiger partial charge in [0.2, 0.25) is 0 Å². The van der Waals surface area contributed by atoms with Crippen LogP contribution in [0.4, 0.5) is 17.1 Å². The maximum atomic E-state index is 6.44. The summed E-state index contributed by atoms with van der Waals surface area (Å²) in [6.07, 6.45) is 0. The number of para-hydroxylation sites is 4. The van der Waals surface area contributed by atoms with Crippen LogP contribution in [0.5, 0.6) is 0 Å². The SMILES string of the molecule is c1ccc(-c2ccc(-c3ccc(N(c4ccc(-c5ccc(-c6ccc7c(c6)c6ccccc6n7-c6ccccc6)cc5)cc4)c4ccc(-c5cccc6c5oc5ccccc56)cc4)cc3)cc2)cc1. The Balaban J connectivity index is 0.822. The second-order valence-electron chi connectivity index (χ2n) is 17.7. The first-order chi connectivity index (χ1) is 34.2. The lowest BCUT2D eigenvalue weighted by Crippen LogP contribution is -2.09. The van der Waals surface area contributed by atoms with Gasteiger partial charge in [0, 0.05) is 49.9 Å². The van der Waals surface area contributed by atoms with E-state index >= 15 is 0 Å². The first kappa shape index (κ1) is 40.1. The van der Waals surface area contributed by atoms with E-state index in [2.05, 4.69) is 264 Å². The fraction of sp³-hybridized carbons (Fsp3) is 0. The van der Waals surface area contributed by atoms with Crippen LogP contribution in [0.25, 0.3) is 105 Å². The summed E-state index contributed by atoms with van der Waals surface area (Å²) in [5.74, 6) is 0. The van der Waals surface area contributed by atoms with Gasteiger partial charge in [0.05, 0.1) is 11.0 Å². The lowest BCUT2D eigenvalue weighted by atomic mass is 9.98. The molecule has 0 aliphatic rings. The third kappa shape index (κ3) is 7.25. The molecule has 324 valence electrons. The van der Waals surface area contributed by atoms with Crippen LogP contribution in [-0.2, 0) is 0 Å². The summed E-state index contributed by atoms with van der Waals surface area (Å²) >= 11 is 0. The van der Waals surface area contributed by atoms with Gasteiger partial charge in [-0.15, -0.1) is 0 Å². The number of aromatic nitrogens is 1. The number of fused-ring (bicyclic) bond motifs is 6. The topological polar surface area (TPSA) is 21.3 Å². The molecule has 0 fully saturated rings. The summed E-state index contributed by atoms with van der Waals surface area (Å²) in [6, 6.07) is 95.9. The summed E-state index contributed by atoms with van der Waals surface area (Å²) in [4.78, 5) is 2.34. The summed E-state index contributed by atoms with van der Waals surface area (Å²) < 4.78 is 8.80. The molecule has 3 heteroatoms. The Labute approximate surface area is 401 Å². The summed E-state index contributed by atoms with van der Waals surface area (Å²) in [5.41, 5.74) is 20.3. The van der Waals surface area contributed by atoms with Crippen LogP contribution in [0.2, 0.25) is 0 Å². The minimum atomic E-state index is 0.902. The molecule has 0 spiro atoms. The number of hydrogen-bond donors (Lipinski definition) is 0. The molecule has 0 saturated carbocycles. The number of nitrogens with zero attached hydrogens (tertiary/aromatic N) is 2. The molecule has 0 atom stereocenters. The van der Waals surface area contributed by atoms with Crippen molar-refractivity contribution in [3.05, 3.63) is 267 Å². The van der Waals surface area contributed by atoms with Crippen molar-refractivity contribution < 1.29 is 4.42 Å². The van der Waals surface area contributed by atoms with E-state index in [0.29, 0.717) is 0 Å². The highest BCUT2D eigenvalue weighted by atomic mass is 16.3. The monoisotopic (exact) mass is 880 g/mol. The van der Waals surface area contributed by atoms with Gasteiger partial charge in [0.15, 0.2) is 0 Å². The van der Waals surface area contributed by atoms with Crippen molar-refractivity contribution in [3.63, 3.8) is 0 Å². The molecule has 11 aromatic carbocycles. The first-order valence-electron chi connectivity index (χ1n) is 23.6. The van der Waals surface area contributed by atoms with Crippen LogP contribution in [0.15, 0.2) is 271 Å². The van der Waals surface area contributed by atoms with Gasteiger partial charge in [-0.05, 0) is 123 Å². The minimum absolute atomic E-state index is 0.902. The van der Waals surface area contributed by atoms with E-state index in [-0.39, 0.29) is 0 Å². The zero-order valence-electron chi connectivity index (χ0n) is 37.7. The molecule has 0 N–H and O–H groups in total. The molecular weight excluding hydrogens is 837 g/mol. The van der Waals surface area contributed by atoms with E-state index < -0.39 is 0 Å². The van der Waals surface area contributed by atoms with Crippen molar-refractivity contribution >= 4 is 60.8 Å². The van der Waals surface area contributed by atoms with Crippen LogP contribution in [-0.4, -0.2) is 4.57 Å². The number of benzene rings is 11. The molecule has 2 aromatic heterocycles. The highest BCUT2D eigenvalue weighted by molar-refractivity contribution is 6.11. The van der Waals surface area contributed by atoms with Crippen molar-refractivity contribution in [3.8, 4) is 61.3 Å². The molecular formula is C66H44N2O. The second-order valence-corrected chi connectivity index (χ2v) is 17.7. The standard InChI is InChI=1S/C66H44N2O/c1-3-12-45(13-4-1)46-22-24-47(25-23-46)49-30-37-55(38-31-49)67(57-41-34-52(35-42-57)58-18-11-19-61-60-17-8-10-21-65(60)69-66(58)61)56-39-32-50(33-40-56)48-26-28-51(29-27-48)53-36-43-64-62(44-53)59-16-7-9-20-63(59)68(64)54-14-5-2-6-15-54/h1-44H. The van der Waals surface area contributed by atoms with Gasteiger partial charge in [-0.3, -0.25) is 0 Å². The number of rotatable bonds is 9. The van der Waals surface area contributed by atoms with Crippen LogP contribution in [0, 0.1) is 0 Å². The van der Waals surface area contributed by atoms with Gasteiger partial charge < -0.3 is 13.9 Å². The van der Waals surface area contributed by atoms with Gasteiger partial charge in [-0.25, -0.2) is 0 Å². The predicted molar refractivity (Wildman–Crippen MR) is 290 cm³/mol. The molecule has 0 aliphatic carbocycles. The third-order valence-electron chi connectivity index (χ3n) is 13.7. The predicted octanol–water partition coefficient (Wildman–Crippen LogP) is 18.5. The van der Waals surface area contributed by atoms with Crippen molar-refractivity contribution in [2.24, 2.45) is 0 Å². The molecule has 0 aliphatic heterocycles. The maximum Gasteiger partial charge on any atom is 0.143 e. The maximum absolute atomic E-state index is 6.44. The van der Waals surface area contributed by atoms with Crippen LogP contribution >= 0.6 is 0 Å². The van der Waals surface area contributed by atoms with Crippen LogP contribution < -0.4 is 4.90 Å². The third-order valence-corrected chi connectivity index (χ3v) is 13.7. The van der Waals surface area contributed by atoms with Gasteiger partial charge in [0.1, 0.15) is 11.2 Å². The smallest absolute Gasteiger partial charge is 0.143 e. The molecule has 0 amide bonds. The van der Waals surface area contributed by atoms with Gasteiger partial charge in [0.25, 0.3) is 0 Å². The van der Waals surface area contributed by atoms with E-state index in [4.69, 9.17) is 4.42 Å². The number of hydrogen-bond acceptors (Lipinski definition) is 2. The lowest BCUT2D eigenvalue weighted by Gasteiger charge is -2.26. The van der Waals surface area contributed by atoms with Crippen molar-refractivity contribution in [2.75, 3.05) is 4.90 Å². The first-order valence-corrected chi connectivity index (χ1v) is 23.6. The van der Waals surface area contributed by atoms with E-state index in [1.54, 1.807) is 0 Å². The summed E-state index contributed by atoms with van der Waals surface area (Å²) in [6.45, 7) is 0. The Kier molecular flexibility index (Phi) is 9.84. The van der Waals surface area contributed by atoms with Crippen LogP contribution in [0.1, 0.15) is 0 Å². The Hall–Kier alpha value is -9.18.